The average molecular weight is 471 g/mol. The van der Waals surface area contributed by atoms with Gasteiger partial charge in [0.2, 0.25) is 5.91 Å². The predicted octanol–water partition coefficient (Wildman–Crippen LogP) is 2.13. The summed E-state index contributed by atoms with van der Waals surface area (Å²) in [6.07, 6.45) is 6.30. The summed E-state index contributed by atoms with van der Waals surface area (Å²) in [4.78, 5) is 34.8. The molecule has 0 unspecified atom stereocenters. The van der Waals surface area contributed by atoms with Gasteiger partial charge in [-0.05, 0) is 37.1 Å². The van der Waals surface area contributed by atoms with Crippen LogP contribution < -0.4 is 21.9 Å². The molecule has 10 nitrogen and oxygen atoms in total. The number of hydrogen-bond donors (Lipinski definition) is 3. The van der Waals surface area contributed by atoms with Crippen LogP contribution in [0.3, 0.4) is 0 Å². The minimum Gasteiger partial charge on any atom is -0.384 e. The second-order valence-electron chi connectivity index (χ2n) is 8.50. The molecule has 0 bridgehead atoms. The minimum absolute atomic E-state index is 0.217. The minimum atomic E-state index is -0.602. The summed E-state index contributed by atoms with van der Waals surface area (Å²) >= 11 is 0. The molecule has 0 aliphatic carbocycles. The molecule has 178 valence electrons. The van der Waals surface area contributed by atoms with E-state index in [4.69, 9.17) is 5.73 Å². The second kappa shape index (κ2) is 9.41. The molecule has 1 aromatic carbocycles. The van der Waals surface area contributed by atoms with Crippen LogP contribution in [-0.2, 0) is 24.3 Å². The maximum Gasteiger partial charge on any atom is 0.277 e. The van der Waals surface area contributed by atoms with Crippen LogP contribution in [0.2, 0.25) is 0 Å². The normalized spacial score (nSPS) is 14.5. The van der Waals surface area contributed by atoms with Crippen molar-refractivity contribution in [2.75, 3.05) is 11.1 Å². The standard InChI is InChI=1S/C25H26N8O2/c1-16-18(7-9-22(26)31-16)13-29-24(34)21-8-10-23-28-14-20(25(35)33(21)23)27-11-17-12-30-32(15-17)19-5-3-2-4-6-19/h2-7,9,12,14-15,21,27H,8,10-11,13H2,1H3,(H2,26,31)(H,29,34)/t21-/m0/s1. The van der Waals surface area contributed by atoms with Crippen LogP contribution in [0.15, 0.2) is 65.8 Å². The van der Waals surface area contributed by atoms with E-state index in [1.165, 1.54) is 4.57 Å². The van der Waals surface area contributed by atoms with E-state index >= 15 is 0 Å². The molecule has 3 aromatic heterocycles. The SMILES string of the molecule is Cc1nc(N)ccc1CNC(=O)[C@@H]1CCc2ncc(NCc3cnn(-c4ccccc4)c3)c(=O)n21. The molecule has 0 saturated heterocycles. The second-order valence-corrected chi connectivity index (χ2v) is 8.50. The third-order valence-corrected chi connectivity index (χ3v) is 6.14. The number of aryl methyl sites for hydroxylation is 2. The predicted molar refractivity (Wildman–Crippen MR) is 132 cm³/mol. The Morgan fingerprint density at radius 2 is 1.97 bits per heavy atom. The molecule has 5 rings (SSSR count). The maximum atomic E-state index is 13.2. The number of carbonyl (C=O) groups excluding carboxylic acids is 1. The van der Waals surface area contributed by atoms with Gasteiger partial charge in [0.25, 0.3) is 5.56 Å². The van der Waals surface area contributed by atoms with Gasteiger partial charge in [0, 0.05) is 37.0 Å². The van der Waals surface area contributed by atoms with E-state index in [2.05, 4.69) is 25.7 Å². The lowest BCUT2D eigenvalue weighted by molar-refractivity contribution is -0.124. The molecule has 4 aromatic rings. The number of pyridine rings is 1. The maximum absolute atomic E-state index is 13.2. The largest absolute Gasteiger partial charge is 0.384 e. The van der Waals surface area contributed by atoms with Gasteiger partial charge >= 0.3 is 0 Å². The van der Waals surface area contributed by atoms with Crippen molar-refractivity contribution in [3.63, 3.8) is 0 Å². The van der Waals surface area contributed by atoms with Crippen molar-refractivity contribution in [2.45, 2.75) is 38.9 Å². The summed E-state index contributed by atoms with van der Waals surface area (Å²) in [5, 5.41) is 10.5. The van der Waals surface area contributed by atoms with Crippen molar-refractivity contribution < 1.29 is 4.79 Å². The van der Waals surface area contributed by atoms with Crippen LogP contribution in [0.25, 0.3) is 5.69 Å². The Labute approximate surface area is 201 Å². The number of benzene rings is 1. The molecular formula is C25H26N8O2. The Balaban J connectivity index is 1.27. The molecule has 0 fully saturated rings. The Kier molecular flexibility index (Phi) is 6.01. The fourth-order valence-electron chi connectivity index (χ4n) is 4.24. The molecule has 1 aliphatic rings. The number of aromatic nitrogens is 5. The number of rotatable bonds is 7. The summed E-state index contributed by atoms with van der Waals surface area (Å²) in [7, 11) is 0. The summed E-state index contributed by atoms with van der Waals surface area (Å²) in [6, 6.07) is 12.7. The molecule has 1 aliphatic heterocycles. The molecule has 4 N–H and O–H groups in total. The van der Waals surface area contributed by atoms with Crippen LogP contribution in [-0.4, -0.2) is 30.2 Å². The number of fused-ring (bicyclic) bond motifs is 1. The zero-order valence-electron chi connectivity index (χ0n) is 19.3. The van der Waals surface area contributed by atoms with Gasteiger partial charge in [-0.25, -0.2) is 14.6 Å². The summed E-state index contributed by atoms with van der Waals surface area (Å²) in [5.41, 5.74) is 9.31. The third kappa shape index (κ3) is 4.63. The first-order chi connectivity index (χ1) is 17.0. The first-order valence-electron chi connectivity index (χ1n) is 11.4. The van der Waals surface area contributed by atoms with Crippen molar-refractivity contribution in [3.8, 4) is 5.69 Å². The Morgan fingerprint density at radius 1 is 1.14 bits per heavy atom. The lowest BCUT2D eigenvalue weighted by Crippen LogP contribution is -2.36. The van der Waals surface area contributed by atoms with Crippen LogP contribution in [0.1, 0.15) is 35.1 Å². The zero-order chi connectivity index (χ0) is 24.4. The summed E-state index contributed by atoms with van der Waals surface area (Å²) < 4.78 is 3.28. The molecule has 0 spiro atoms. The number of hydrogen-bond acceptors (Lipinski definition) is 7. The average Bonchev–Trinajstić information content (AvgIpc) is 3.51. The first kappa shape index (κ1) is 22.3. The Morgan fingerprint density at radius 3 is 2.77 bits per heavy atom. The number of anilines is 2. The van der Waals surface area contributed by atoms with Crippen LogP contribution >= 0.6 is 0 Å². The van der Waals surface area contributed by atoms with Crippen LogP contribution in [0.5, 0.6) is 0 Å². The van der Waals surface area contributed by atoms with Gasteiger partial charge in [-0.1, -0.05) is 24.3 Å². The summed E-state index contributed by atoms with van der Waals surface area (Å²) in [6.45, 7) is 2.57. The van der Waals surface area contributed by atoms with Crippen molar-refractivity contribution in [1.29, 1.82) is 0 Å². The van der Waals surface area contributed by atoms with E-state index in [0.717, 1.165) is 22.5 Å². The number of carbonyl (C=O) groups is 1. The highest BCUT2D eigenvalue weighted by atomic mass is 16.2. The summed E-state index contributed by atoms with van der Waals surface area (Å²) in [5.74, 6) is 0.834. The van der Waals surface area contributed by atoms with Gasteiger partial charge in [0.05, 0.1) is 18.1 Å². The Hall–Kier alpha value is -4.47. The highest BCUT2D eigenvalue weighted by Gasteiger charge is 2.31. The molecule has 0 saturated carbocycles. The topological polar surface area (TPSA) is 133 Å². The Bertz CT molecular complexity index is 1430. The van der Waals surface area contributed by atoms with Gasteiger partial charge in [-0.3, -0.25) is 14.2 Å². The fourth-order valence-corrected chi connectivity index (χ4v) is 4.24. The lowest BCUT2D eigenvalue weighted by atomic mass is 10.1. The first-order valence-corrected chi connectivity index (χ1v) is 11.4. The van der Waals surface area contributed by atoms with Crippen molar-refractivity contribution in [2.24, 2.45) is 0 Å². The monoisotopic (exact) mass is 470 g/mol. The van der Waals surface area contributed by atoms with E-state index in [9.17, 15) is 9.59 Å². The number of para-hydroxylation sites is 1. The quantitative estimate of drug-likeness (QED) is 0.377. The van der Waals surface area contributed by atoms with Gasteiger partial charge in [0.1, 0.15) is 23.4 Å². The number of nitrogens with two attached hydrogens (primary N) is 1. The van der Waals surface area contributed by atoms with Crippen molar-refractivity contribution in [1.82, 2.24) is 29.6 Å². The van der Waals surface area contributed by atoms with Crippen molar-refractivity contribution >= 4 is 17.4 Å². The van der Waals surface area contributed by atoms with E-state index in [-0.39, 0.29) is 11.5 Å². The molecule has 0 radical (unpaired) electrons. The van der Waals surface area contributed by atoms with Gasteiger partial charge in [-0.15, -0.1) is 0 Å². The van der Waals surface area contributed by atoms with E-state index in [1.54, 1.807) is 23.1 Å². The molecule has 1 atom stereocenters. The van der Waals surface area contributed by atoms with E-state index in [1.807, 2.05) is 49.5 Å². The van der Waals surface area contributed by atoms with Crippen LogP contribution in [0, 0.1) is 6.92 Å². The zero-order valence-corrected chi connectivity index (χ0v) is 19.3. The molecule has 10 heteroatoms. The van der Waals surface area contributed by atoms with Gasteiger partial charge in [-0.2, -0.15) is 5.10 Å². The number of nitrogen functional groups attached to an aromatic ring is 1. The van der Waals surface area contributed by atoms with Gasteiger partial charge in [0.15, 0.2) is 0 Å². The van der Waals surface area contributed by atoms with Crippen molar-refractivity contribution in [3.05, 3.63) is 94.1 Å². The number of amides is 1. The van der Waals surface area contributed by atoms with Crippen LogP contribution in [0.4, 0.5) is 11.5 Å². The van der Waals surface area contributed by atoms with Gasteiger partial charge < -0.3 is 16.4 Å². The highest BCUT2D eigenvalue weighted by molar-refractivity contribution is 5.81. The molecule has 1 amide bonds. The van der Waals surface area contributed by atoms with E-state index in [0.29, 0.717) is 43.3 Å². The number of nitrogens with one attached hydrogen (secondary N) is 2. The molecule has 35 heavy (non-hydrogen) atoms. The number of nitrogens with zero attached hydrogens (tertiary/aromatic N) is 5. The van der Waals surface area contributed by atoms with E-state index < -0.39 is 6.04 Å². The lowest BCUT2D eigenvalue weighted by Gasteiger charge is -2.16. The highest BCUT2D eigenvalue weighted by Crippen LogP contribution is 2.23. The third-order valence-electron chi connectivity index (χ3n) is 6.14. The smallest absolute Gasteiger partial charge is 0.277 e. The fraction of sp³-hybridized carbons (Fsp3) is 0.240. The molecular weight excluding hydrogens is 444 g/mol. The molecule has 4 heterocycles.